The number of anilines is 2. The second-order valence-electron chi connectivity index (χ2n) is 5.93. The minimum Gasteiger partial charge on any atom is -0.478 e. The molecule has 0 fully saturated rings. The zero-order valence-electron chi connectivity index (χ0n) is 14.1. The molecule has 132 valence electrons. The molecule has 0 saturated heterocycles. The average Bonchev–Trinajstić information content (AvgIpc) is 2.68. The number of nitrogens with one attached hydrogen (secondary N) is 1. The van der Waals surface area contributed by atoms with Crippen molar-refractivity contribution in [2.24, 2.45) is 0 Å². The predicted octanol–water partition coefficient (Wildman–Crippen LogP) is 5.39. The maximum absolute atomic E-state index is 11.2. The predicted molar refractivity (Wildman–Crippen MR) is 107 cm³/mol. The highest BCUT2D eigenvalue weighted by Gasteiger charge is 2.11. The van der Waals surface area contributed by atoms with E-state index in [1.807, 2.05) is 36.4 Å². The highest BCUT2D eigenvalue weighted by Crippen LogP contribution is 2.28. The van der Waals surface area contributed by atoms with E-state index in [-0.39, 0.29) is 5.56 Å². The van der Waals surface area contributed by atoms with E-state index in [0.717, 1.165) is 16.5 Å². The molecule has 0 atom stereocenters. The SMILES string of the molecule is O=C(O)c1cccc(Nc2nc(-c3ccc(Cl)cc3)nc3ccccc23)c1. The summed E-state index contributed by atoms with van der Waals surface area (Å²) in [4.78, 5) is 20.5. The number of aromatic nitrogens is 2. The summed E-state index contributed by atoms with van der Waals surface area (Å²) in [6, 6.07) is 21.6. The monoisotopic (exact) mass is 375 g/mol. The van der Waals surface area contributed by atoms with Crippen LogP contribution in [0.5, 0.6) is 0 Å². The first-order valence-electron chi connectivity index (χ1n) is 8.23. The van der Waals surface area contributed by atoms with Gasteiger partial charge in [-0.25, -0.2) is 14.8 Å². The van der Waals surface area contributed by atoms with Gasteiger partial charge in [0.2, 0.25) is 0 Å². The van der Waals surface area contributed by atoms with Crippen LogP contribution in [-0.4, -0.2) is 21.0 Å². The van der Waals surface area contributed by atoms with E-state index in [1.54, 1.807) is 36.4 Å². The smallest absolute Gasteiger partial charge is 0.335 e. The lowest BCUT2D eigenvalue weighted by atomic mass is 10.1. The summed E-state index contributed by atoms with van der Waals surface area (Å²) in [5.41, 5.74) is 2.47. The maximum atomic E-state index is 11.2. The molecule has 6 heteroatoms. The Labute approximate surface area is 160 Å². The van der Waals surface area contributed by atoms with E-state index in [0.29, 0.717) is 22.4 Å². The van der Waals surface area contributed by atoms with Crippen molar-refractivity contribution in [3.8, 4) is 11.4 Å². The first-order valence-corrected chi connectivity index (χ1v) is 8.61. The number of halogens is 1. The number of nitrogens with zero attached hydrogens (tertiary/aromatic N) is 2. The zero-order chi connectivity index (χ0) is 18.8. The van der Waals surface area contributed by atoms with Gasteiger partial charge in [0.15, 0.2) is 5.82 Å². The average molecular weight is 376 g/mol. The Hall–Kier alpha value is -3.44. The van der Waals surface area contributed by atoms with Crippen molar-refractivity contribution >= 4 is 40.0 Å². The van der Waals surface area contributed by atoms with Gasteiger partial charge < -0.3 is 10.4 Å². The molecule has 0 saturated carbocycles. The standard InChI is InChI=1S/C21H14ClN3O2/c22-15-10-8-13(9-11-15)19-24-18-7-2-1-6-17(18)20(25-19)23-16-5-3-4-14(12-16)21(26)27/h1-12H,(H,26,27)(H,23,24,25). The van der Waals surface area contributed by atoms with Crippen LogP contribution in [0.1, 0.15) is 10.4 Å². The van der Waals surface area contributed by atoms with E-state index >= 15 is 0 Å². The van der Waals surface area contributed by atoms with Gasteiger partial charge in [-0.05, 0) is 54.6 Å². The number of fused-ring (bicyclic) bond motifs is 1. The third-order valence-corrected chi connectivity index (χ3v) is 4.33. The van der Waals surface area contributed by atoms with Crippen LogP contribution in [0.2, 0.25) is 5.02 Å². The fraction of sp³-hybridized carbons (Fsp3) is 0. The summed E-state index contributed by atoms with van der Waals surface area (Å²) >= 11 is 5.97. The molecule has 0 radical (unpaired) electrons. The topological polar surface area (TPSA) is 75.1 Å². The molecule has 0 aliphatic heterocycles. The Morgan fingerprint density at radius 1 is 0.926 bits per heavy atom. The van der Waals surface area contributed by atoms with Crippen molar-refractivity contribution in [3.63, 3.8) is 0 Å². The molecule has 1 heterocycles. The lowest BCUT2D eigenvalue weighted by Crippen LogP contribution is -2.01. The molecule has 0 bridgehead atoms. The fourth-order valence-electron chi connectivity index (χ4n) is 2.77. The van der Waals surface area contributed by atoms with Crippen molar-refractivity contribution in [1.82, 2.24) is 9.97 Å². The second-order valence-corrected chi connectivity index (χ2v) is 6.37. The molecule has 0 unspecified atom stereocenters. The molecular formula is C21H14ClN3O2. The van der Waals surface area contributed by atoms with Crippen molar-refractivity contribution in [1.29, 1.82) is 0 Å². The first-order chi connectivity index (χ1) is 13.1. The third-order valence-electron chi connectivity index (χ3n) is 4.08. The molecular weight excluding hydrogens is 362 g/mol. The van der Waals surface area contributed by atoms with Crippen LogP contribution in [0.15, 0.2) is 72.8 Å². The number of carboxylic acids is 1. The number of carboxylic acid groups (broad SMARTS) is 1. The van der Waals surface area contributed by atoms with Crippen molar-refractivity contribution in [2.75, 3.05) is 5.32 Å². The van der Waals surface area contributed by atoms with Crippen LogP contribution in [0, 0.1) is 0 Å². The minimum atomic E-state index is -0.979. The van der Waals surface area contributed by atoms with Gasteiger partial charge in [0.1, 0.15) is 5.82 Å². The number of hydrogen-bond donors (Lipinski definition) is 2. The number of hydrogen-bond acceptors (Lipinski definition) is 4. The zero-order valence-corrected chi connectivity index (χ0v) is 14.8. The Bertz CT molecular complexity index is 1140. The summed E-state index contributed by atoms with van der Waals surface area (Å²) in [5, 5.41) is 13.9. The van der Waals surface area contributed by atoms with Crippen LogP contribution < -0.4 is 5.32 Å². The normalized spacial score (nSPS) is 10.7. The summed E-state index contributed by atoms with van der Waals surface area (Å²) in [6.07, 6.45) is 0. The number of para-hydroxylation sites is 1. The van der Waals surface area contributed by atoms with Gasteiger partial charge in [-0.15, -0.1) is 0 Å². The highest BCUT2D eigenvalue weighted by molar-refractivity contribution is 6.30. The summed E-state index contributed by atoms with van der Waals surface area (Å²) < 4.78 is 0. The molecule has 5 nitrogen and oxygen atoms in total. The molecule has 1 aromatic heterocycles. The Morgan fingerprint density at radius 2 is 1.70 bits per heavy atom. The third kappa shape index (κ3) is 3.59. The number of aromatic carboxylic acids is 1. The van der Waals surface area contributed by atoms with Gasteiger partial charge in [-0.2, -0.15) is 0 Å². The lowest BCUT2D eigenvalue weighted by molar-refractivity contribution is 0.0697. The van der Waals surface area contributed by atoms with Crippen LogP contribution in [0.25, 0.3) is 22.3 Å². The molecule has 0 amide bonds. The molecule has 3 aromatic carbocycles. The van der Waals surface area contributed by atoms with Gasteiger partial charge in [0.25, 0.3) is 0 Å². The molecule has 2 N–H and O–H groups in total. The van der Waals surface area contributed by atoms with Crippen LogP contribution in [0.3, 0.4) is 0 Å². The Balaban J connectivity index is 1.82. The fourth-order valence-corrected chi connectivity index (χ4v) is 2.89. The number of rotatable bonds is 4. The van der Waals surface area contributed by atoms with Crippen molar-refractivity contribution < 1.29 is 9.90 Å². The molecule has 0 aliphatic rings. The van der Waals surface area contributed by atoms with Gasteiger partial charge in [0, 0.05) is 21.7 Å². The summed E-state index contributed by atoms with van der Waals surface area (Å²) in [7, 11) is 0. The van der Waals surface area contributed by atoms with E-state index in [4.69, 9.17) is 11.6 Å². The van der Waals surface area contributed by atoms with E-state index in [9.17, 15) is 9.90 Å². The summed E-state index contributed by atoms with van der Waals surface area (Å²) in [5.74, 6) is 0.184. The van der Waals surface area contributed by atoms with Gasteiger partial charge in [-0.3, -0.25) is 0 Å². The van der Waals surface area contributed by atoms with Gasteiger partial charge >= 0.3 is 5.97 Å². The second kappa shape index (κ2) is 7.05. The van der Waals surface area contributed by atoms with E-state index in [2.05, 4.69) is 15.3 Å². The molecule has 4 aromatic rings. The minimum absolute atomic E-state index is 0.205. The first kappa shape index (κ1) is 17.0. The van der Waals surface area contributed by atoms with E-state index < -0.39 is 5.97 Å². The highest BCUT2D eigenvalue weighted by atomic mass is 35.5. The number of carbonyl (C=O) groups is 1. The van der Waals surface area contributed by atoms with E-state index in [1.165, 1.54) is 0 Å². The van der Waals surface area contributed by atoms with Gasteiger partial charge in [0.05, 0.1) is 11.1 Å². The molecule has 0 aliphatic carbocycles. The molecule has 4 rings (SSSR count). The largest absolute Gasteiger partial charge is 0.478 e. The van der Waals surface area contributed by atoms with Crippen LogP contribution in [-0.2, 0) is 0 Å². The molecule has 27 heavy (non-hydrogen) atoms. The van der Waals surface area contributed by atoms with Gasteiger partial charge in [-0.1, -0.05) is 29.8 Å². The Morgan fingerprint density at radius 3 is 2.48 bits per heavy atom. The Kier molecular flexibility index (Phi) is 4.44. The quantitative estimate of drug-likeness (QED) is 0.500. The number of benzene rings is 3. The maximum Gasteiger partial charge on any atom is 0.335 e. The summed E-state index contributed by atoms with van der Waals surface area (Å²) in [6.45, 7) is 0. The van der Waals surface area contributed by atoms with Crippen LogP contribution in [0.4, 0.5) is 11.5 Å². The van der Waals surface area contributed by atoms with Crippen molar-refractivity contribution in [3.05, 3.63) is 83.4 Å². The van der Waals surface area contributed by atoms with Crippen molar-refractivity contribution in [2.45, 2.75) is 0 Å². The van der Waals surface area contributed by atoms with Crippen LogP contribution >= 0.6 is 11.6 Å². The molecule has 0 spiro atoms. The lowest BCUT2D eigenvalue weighted by Gasteiger charge is -2.11.